The van der Waals surface area contributed by atoms with Crippen molar-refractivity contribution < 1.29 is 4.74 Å². The molecular formula is C18H36N2O. The van der Waals surface area contributed by atoms with Crippen LogP contribution in [0.15, 0.2) is 0 Å². The number of nitrogens with one attached hydrogen (secondary N) is 1. The molecule has 1 aliphatic carbocycles. The molecular weight excluding hydrogens is 260 g/mol. The molecule has 2 aliphatic rings. The van der Waals surface area contributed by atoms with Gasteiger partial charge in [-0.15, -0.1) is 0 Å². The summed E-state index contributed by atoms with van der Waals surface area (Å²) < 4.78 is 5.68. The zero-order valence-corrected chi connectivity index (χ0v) is 14.8. The molecule has 1 saturated carbocycles. The van der Waals surface area contributed by atoms with E-state index in [1.165, 1.54) is 38.8 Å². The molecule has 0 bridgehead atoms. The van der Waals surface area contributed by atoms with Gasteiger partial charge in [0.1, 0.15) is 0 Å². The Kier molecular flexibility index (Phi) is 6.10. The summed E-state index contributed by atoms with van der Waals surface area (Å²) in [4.78, 5) is 2.66. The molecule has 1 aliphatic heterocycles. The number of hydrogen-bond acceptors (Lipinski definition) is 3. The predicted molar refractivity (Wildman–Crippen MR) is 89.6 cm³/mol. The van der Waals surface area contributed by atoms with Crippen LogP contribution in [0.4, 0.5) is 0 Å². The van der Waals surface area contributed by atoms with Crippen molar-refractivity contribution >= 4 is 0 Å². The van der Waals surface area contributed by atoms with Gasteiger partial charge >= 0.3 is 0 Å². The van der Waals surface area contributed by atoms with Gasteiger partial charge in [0, 0.05) is 26.2 Å². The van der Waals surface area contributed by atoms with Crippen LogP contribution >= 0.6 is 0 Å². The molecule has 0 aromatic heterocycles. The van der Waals surface area contributed by atoms with Gasteiger partial charge in [0.25, 0.3) is 0 Å². The van der Waals surface area contributed by atoms with Gasteiger partial charge in [0.15, 0.2) is 0 Å². The lowest BCUT2D eigenvalue weighted by Crippen LogP contribution is -2.51. The van der Waals surface area contributed by atoms with E-state index in [9.17, 15) is 0 Å². The van der Waals surface area contributed by atoms with Gasteiger partial charge in [-0.2, -0.15) is 0 Å². The van der Waals surface area contributed by atoms with Crippen molar-refractivity contribution in [3.63, 3.8) is 0 Å². The lowest BCUT2D eigenvalue weighted by Gasteiger charge is -2.45. The summed E-state index contributed by atoms with van der Waals surface area (Å²) in [5.74, 6) is 1.50. The highest BCUT2D eigenvalue weighted by Gasteiger charge is 2.36. The van der Waals surface area contributed by atoms with Crippen LogP contribution in [0, 0.1) is 17.3 Å². The monoisotopic (exact) mass is 296 g/mol. The summed E-state index contributed by atoms with van der Waals surface area (Å²) in [5, 5.41) is 3.74. The van der Waals surface area contributed by atoms with E-state index in [1.807, 2.05) is 7.11 Å². The van der Waals surface area contributed by atoms with Crippen molar-refractivity contribution in [3.05, 3.63) is 0 Å². The Morgan fingerprint density at radius 2 is 2.05 bits per heavy atom. The van der Waals surface area contributed by atoms with Gasteiger partial charge in [-0.05, 0) is 56.0 Å². The van der Waals surface area contributed by atoms with Gasteiger partial charge in [0.05, 0.1) is 6.10 Å². The normalized spacial score (nSPS) is 37.6. The second-order valence-electron chi connectivity index (χ2n) is 8.13. The van der Waals surface area contributed by atoms with E-state index < -0.39 is 0 Å². The topological polar surface area (TPSA) is 24.5 Å². The Morgan fingerprint density at radius 3 is 2.71 bits per heavy atom. The number of piperidine rings is 1. The molecule has 3 heteroatoms. The van der Waals surface area contributed by atoms with Gasteiger partial charge in [0.2, 0.25) is 0 Å². The molecule has 0 aromatic carbocycles. The Hall–Kier alpha value is -0.120. The molecule has 0 spiro atoms. The zero-order chi connectivity index (χ0) is 15.5. The van der Waals surface area contributed by atoms with Crippen LogP contribution in [0.1, 0.15) is 53.4 Å². The summed E-state index contributed by atoms with van der Waals surface area (Å²) in [7, 11) is 1.87. The van der Waals surface area contributed by atoms with Crippen LogP contribution in [0.2, 0.25) is 0 Å². The SMILES string of the molecule is CCNC1CCC(C)(C)CC1CN1CCC(C)C(OC)C1. The van der Waals surface area contributed by atoms with Crippen LogP contribution in [0.25, 0.3) is 0 Å². The zero-order valence-electron chi connectivity index (χ0n) is 14.8. The van der Waals surface area contributed by atoms with E-state index in [0.717, 1.165) is 19.0 Å². The first-order chi connectivity index (χ1) is 9.95. The van der Waals surface area contributed by atoms with E-state index in [4.69, 9.17) is 4.74 Å². The van der Waals surface area contributed by atoms with Crippen molar-refractivity contribution in [1.29, 1.82) is 0 Å². The minimum Gasteiger partial charge on any atom is -0.380 e. The van der Waals surface area contributed by atoms with Crippen molar-refractivity contribution in [2.75, 3.05) is 33.3 Å². The molecule has 0 radical (unpaired) electrons. The van der Waals surface area contributed by atoms with E-state index in [2.05, 4.69) is 37.9 Å². The first-order valence-corrected chi connectivity index (χ1v) is 8.93. The average molecular weight is 296 g/mol. The fraction of sp³-hybridized carbons (Fsp3) is 1.00. The highest BCUT2D eigenvalue weighted by atomic mass is 16.5. The summed E-state index contributed by atoms with van der Waals surface area (Å²) in [5.41, 5.74) is 0.514. The average Bonchev–Trinajstić information content (AvgIpc) is 2.43. The lowest BCUT2D eigenvalue weighted by molar-refractivity contribution is -0.0165. The molecule has 0 aromatic rings. The van der Waals surface area contributed by atoms with E-state index in [1.54, 1.807) is 0 Å². The highest BCUT2D eigenvalue weighted by molar-refractivity contribution is 4.91. The Bertz CT molecular complexity index is 318. The quantitative estimate of drug-likeness (QED) is 0.843. The summed E-state index contributed by atoms with van der Waals surface area (Å²) >= 11 is 0. The fourth-order valence-corrected chi connectivity index (χ4v) is 4.36. The predicted octanol–water partition coefficient (Wildman–Crippen LogP) is 3.15. The Balaban J connectivity index is 1.94. The summed E-state index contributed by atoms with van der Waals surface area (Å²) in [6, 6.07) is 0.711. The number of rotatable bonds is 5. The second-order valence-corrected chi connectivity index (χ2v) is 8.13. The maximum Gasteiger partial charge on any atom is 0.0724 e. The van der Waals surface area contributed by atoms with E-state index in [-0.39, 0.29) is 0 Å². The number of hydrogen-bond donors (Lipinski definition) is 1. The van der Waals surface area contributed by atoms with Crippen LogP contribution in [0.5, 0.6) is 0 Å². The molecule has 1 heterocycles. The minimum atomic E-state index is 0.424. The molecule has 2 fully saturated rings. The van der Waals surface area contributed by atoms with Crippen LogP contribution in [-0.4, -0.2) is 50.3 Å². The first-order valence-electron chi connectivity index (χ1n) is 8.93. The van der Waals surface area contributed by atoms with Gasteiger partial charge in [-0.1, -0.05) is 27.7 Å². The Morgan fingerprint density at radius 1 is 1.29 bits per heavy atom. The molecule has 4 unspecified atom stereocenters. The van der Waals surface area contributed by atoms with Crippen molar-refractivity contribution in [3.8, 4) is 0 Å². The molecule has 2 rings (SSSR count). The van der Waals surface area contributed by atoms with Gasteiger partial charge < -0.3 is 15.0 Å². The van der Waals surface area contributed by atoms with Gasteiger partial charge in [-0.25, -0.2) is 0 Å². The van der Waals surface area contributed by atoms with Crippen LogP contribution in [0.3, 0.4) is 0 Å². The molecule has 21 heavy (non-hydrogen) atoms. The van der Waals surface area contributed by atoms with Crippen LogP contribution < -0.4 is 5.32 Å². The molecule has 124 valence electrons. The van der Waals surface area contributed by atoms with Gasteiger partial charge in [-0.3, -0.25) is 0 Å². The standard InChI is InChI=1S/C18H36N2O/c1-6-19-16-7-9-18(3,4)11-15(16)12-20-10-8-14(2)17(13-20)21-5/h14-17,19H,6-13H2,1-5H3. The van der Waals surface area contributed by atoms with E-state index in [0.29, 0.717) is 23.5 Å². The number of likely N-dealkylation sites (tertiary alicyclic amines) is 1. The van der Waals surface area contributed by atoms with Crippen LogP contribution in [-0.2, 0) is 4.74 Å². The minimum absolute atomic E-state index is 0.424. The van der Waals surface area contributed by atoms with Crippen molar-refractivity contribution in [1.82, 2.24) is 10.2 Å². The number of nitrogens with zero attached hydrogens (tertiary/aromatic N) is 1. The van der Waals surface area contributed by atoms with Crippen molar-refractivity contribution in [2.24, 2.45) is 17.3 Å². The van der Waals surface area contributed by atoms with Crippen molar-refractivity contribution in [2.45, 2.75) is 65.5 Å². The third-order valence-corrected chi connectivity index (χ3v) is 5.75. The second kappa shape index (κ2) is 7.43. The summed E-state index contributed by atoms with van der Waals surface area (Å²) in [6.07, 6.45) is 5.75. The summed E-state index contributed by atoms with van der Waals surface area (Å²) in [6.45, 7) is 14.2. The first kappa shape index (κ1) is 17.2. The third kappa shape index (κ3) is 4.67. The molecule has 1 saturated heterocycles. The third-order valence-electron chi connectivity index (χ3n) is 5.75. The van der Waals surface area contributed by atoms with E-state index >= 15 is 0 Å². The maximum absolute atomic E-state index is 5.68. The smallest absolute Gasteiger partial charge is 0.0724 e. The number of ether oxygens (including phenoxy) is 1. The molecule has 4 atom stereocenters. The Labute approximate surface area is 131 Å². The highest BCUT2D eigenvalue weighted by Crippen LogP contribution is 2.39. The largest absolute Gasteiger partial charge is 0.380 e. The molecule has 3 nitrogen and oxygen atoms in total. The number of methoxy groups -OCH3 is 1. The lowest BCUT2D eigenvalue weighted by atomic mass is 9.69. The fourth-order valence-electron chi connectivity index (χ4n) is 4.36. The maximum atomic E-state index is 5.68. The molecule has 0 amide bonds. The molecule has 1 N–H and O–H groups in total.